The molecule has 1 aliphatic heterocycles. The number of para-hydroxylation sites is 1. The average molecular weight is 455 g/mol. The van der Waals surface area contributed by atoms with E-state index >= 15 is 0 Å². The normalized spacial score (nSPS) is 12.2. The van der Waals surface area contributed by atoms with Crippen LogP contribution in [0.15, 0.2) is 121 Å². The molecule has 1 aromatic heterocycles. The van der Waals surface area contributed by atoms with Crippen molar-refractivity contribution in [3.63, 3.8) is 0 Å². The van der Waals surface area contributed by atoms with Crippen LogP contribution in [0.2, 0.25) is 0 Å². The summed E-state index contributed by atoms with van der Waals surface area (Å²) in [6, 6.07) is 33.8. The van der Waals surface area contributed by atoms with Crippen LogP contribution in [0.4, 0.5) is 17.1 Å². The van der Waals surface area contributed by atoms with Crippen molar-refractivity contribution in [3.05, 3.63) is 121 Å². The largest absolute Gasteiger partial charge is 0.308 e. The van der Waals surface area contributed by atoms with Crippen molar-refractivity contribution in [2.75, 3.05) is 4.90 Å². The fourth-order valence-electron chi connectivity index (χ4n) is 4.72. The Balaban J connectivity index is 1.66. The van der Waals surface area contributed by atoms with Crippen molar-refractivity contribution in [2.45, 2.75) is 4.90 Å². The van der Waals surface area contributed by atoms with E-state index in [-0.39, 0.29) is 0 Å². The Morgan fingerprint density at radius 2 is 1.50 bits per heavy atom. The number of thiol groups is 1. The standard InChI is InChI=1S/C31H22N2S/c1-2-3-11-22-14-9-19-28(31(22)34)33-26-17-8-7-16-24(26)30-29-23(15-10-18-27(29)33)20-25(32-30)21-12-5-4-6-13-21/h2-20,34H,1H2/b11-3-. The van der Waals surface area contributed by atoms with Crippen molar-refractivity contribution in [3.8, 4) is 22.5 Å². The lowest BCUT2D eigenvalue weighted by Gasteiger charge is -2.34. The third-order valence-electron chi connectivity index (χ3n) is 6.25. The van der Waals surface area contributed by atoms with E-state index in [2.05, 4.69) is 102 Å². The van der Waals surface area contributed by atoms with E-state index in [9.17, 15) is 0 Å². The maximum Gasteiger partial charge on any atom is 0.0830 e. The summed E-state index contributed by atoms with van der Waals surface area (Å²) < 4.78 is 0. The Bertz CT molecular complexity index is 1580. The Hall–Kier alpha value is -4.08. The molecule has 1 aliphatic rings. The molecular weight excluding hydrogens is 432 g/mol. The molecule has 5 aromatic rings. The van der Waals surface area contributed by atoms with Crippen LogP contribution >= 0.6 is 12.6 Å². The van der Waals surface area contributed by atoms with Crippen LogP contribution in [0.3, 0.4) is 0 Å². The maximum atomic E-state index is 5.18. The number of rotatable bonds is 4. The van der Waals surface area contributed by atoms with Crippen LogP contribution in [0.5, 0.6) is 0 Å². The van der Waals surface area contributed by atoms with Gasteiger partial charge in [0.25, 0.3) is 0 Å². The molecule has 2 heterocycles. The highest BCUT2D eigenvalue weighted by Gasteiger charge is 2.28. The van der Waals surface area contributed by atoms with Crippen molar-refractivity contribution in [1.82, 2.24) is 4.98 Å². The van der Waals surface area contributed by atoms with E-state index in [1.54, 1.807) is 6.08 Å². The molecule has 4 aromatic carbocycles. The Morgan fingerprint density at radius 3 is 2.35 bits per heavy atom. The molecule has 0 bridgehead atoms. The Morgan fingerprint density at radius 1 is 0.765 bits per heavy atom. The van der Waals surface area contributed by atoms with Crippen LogP contribution in [-0.2, 0) is 0 Å². The van der Waals surface area contributed by atoms with Gasteiger partial charge < -0.3 is 4.90 Å². The van der Waals surface area contributed by atoms with Gasteiger partial charge in [0, 0.05) is 21.4 Å². The molecule has 0 saturated carbocycles. The van der Waals surface area contributed by atoms with Gasteiger partial charge in [-0.05, 0) is 35.2 Å². The summed E-state index contributed by atoms with van der Waals surface area (Å²) in [5, 5.41) is 2.32. The minimum Gasteiger partial charge on any atom is -0.308 e. The number of hydrogen-bond donors (Lipinski definition) is 1. The molecular formula is C31H22N2S. The van der Waals surface area contributed by atoms with Crippen molar-refractivity contribution in [1.29, 1.82) is 0 Å². The second kappa shape index (κ2) is 8.36. The summed E-state index contributed by atoms with van der Waals surface area (Å²) in [6.07, 6.45) is 5.76. The van der Waals surface area contributed by atoms with Crippen LogP contribution in [0, 0.1) is 0 Å². The smallest absolute Gasteiger partial charge is 0.0830 e. The van der Waals surface area contributed by atoms with Crippen LogP contribution in [0.25, 0.3) is 39.4 Å². The lowest BCUT2D eigenvalue weighted by atomic mass is 9.93. The first-order valence-electron chi connectivity index (χ1n) is 11.3. The van der Waals surface area contributed by atoms with Gasteiger partial charge in [-0.1, -0.05) is 97.6 Å². The summed E-state index contributed by atoms with van der Waals surface area (Å²) in [5.74, 6) is 0. The maximum absolute atomic E-state index is 5.18. The zero-order valence-corrected chi connectivity index (χ0v) is 19.4. The van der Waals surface area contributed by atoms with Crippen LogP contribution in [-0.4, -0.2) is 4.98 Å². The molecule has 0 fully saturated rings. The molecule has 0 radical (unpaired) electrons. The van der Waals surface area contributed by atoms with E-state index in [1.807, 2.05) is 18.2 Å². The third kappa shape index (κ3) is 3.25. The van der Waals surface area contributed by atoms with Gasteiger partial charge in [-0.2, -0.15) is 0 Å². The lowest BCUT2D eigenvalue weighted by molar-refractivity contribution is 1.21. The molecule has 34 heavy (non-hydrogen) atoms. The topological polar surface area (TPSA) is 16.1 Å². The van der Waals surface area contributed by atoms with Gasteiger partial charge in [-0.25, -0.2) is 4.98 Å². The molecule has 0 N–H and O–H groups in total. The van der Waals surface area contributed by atoms with E-state index in [0.29, 0.717) is 0 Å². The molecule has 0 atom stereocenters. The first-order chi connectivity index (χ1) is 16.8. The van der Waals surface area contributed by atoms with Crippen LogP contribution in [0.1, 0.15) is 5.56 Å². The first kappa shape index (κ1) is 20.5. The molecule has 2 nitrogen and oxygen atoms in total. The Kier molecular flexibility index (Phi) is 5.05. The van der Waals surface area contributed by atoms with Gasteiger partial charge >= 0.3 is 0 Å². The molecule has 0 aliphatic carbocycles. The minimum atomic E-state index is 0.921. The number of allylic oxidation sites excluding steroid dienone is 2. The van der Waals surface area contributed by atoms with Gasteiger partial charge in [0.2, 0.25) is 0 Å². The summed E-state index contributed by atoms with van der Waals surface area (Å²) in [5.41, 5.74) is 8.52. The molecule has 0 spiro atoms. The van der Waals surface area contributed by atoms with Crippen molar-refractivity contribution < 1.29 is 0 Å². The molecule has 6 rings (SSSR count). The number of anilines is 3. The average Bonchev–Trinajstić information content (AvgIpc) is 2.89. The fourth-order valence-corrected chi connectivity index (χ4v) is 5.05. The number of fused-ring (bicyclic) bond motifs is 2. The molecule has 0 amide bonds. The summed E-state index contributed by atoms with van der Waals surface area (Å²) >= 11 is 4.96. The highest BCUT2D eigenvalue weighted by Crippen LogP contribution is 2.51. The lowest BCUT2D eigenvalue weighted by Crippen LogP contribution is -2.16. The monoisotopic (exact) mass is 454 g/mol. The van der Waals surface area contributed by atoms with E-state index in [1.165, 1.54) is 5.39 Å². The predicted molar refractivity (Wildman–Crippen MR) is 147 cm³/mol. The second-order valence-corrected chi connectivity index (χ2v) is 8.71. The summed E-state index contributed by atoms with van der Waals surface area (Å²) in [7, 11) is 0. The molecule has 162 valence electrons. The summed E-state index contributed by atoms with van der Waals surface area (Å²) in [4.78, 5) is 8.41. The molecule has 0 saturated heterocycles. The number of aromatic nitrogens is 1. The van der Waals surface area contributed by atoms with Gasteiger partial charge in [0.05, 0.1) is 28.5 Å². The SMILES string of the molecule is C=C/C=C\c1cccc(N2c3ccccc3-c3nc(-c4ccccc4)cc4cccc2c34)c1S. The molecule has 0 unspecified atom stereocenters. The van der Waals surface area contributed by atoms with E-state index < -0.39 is 0 Å². The molecule has 3 heteroatoms. The van der Waals surface area contributed by atoms with Crippen molar-refractivity contribution >= 4 is 46.5 Å². The van der Waals surface area contributed by atoms with Gasteiger partial charge in [0.1, 0.15) is 0 Å². The summed E-state index contributed by atoms with van der Waals surface area (Å²) in [6.45, 7) is 3.80. The quantitative estimate of drug-likeness (QED) is 0.211. The van der Waals surface area contributed by atoms with Gasteiger partial charge in [-0.3, -0.25) is 0 Å². The zero-order valence-electron chi connectivity index (χ0n) is 18.5. The number of hydrogen-bond acceptors (Lipinski definition) is 3. The third-order valence-corrected chi connectivity index (χ3v) is 6.73. The number of benzene rings is 4. The number of nitrogens with zero attached hydrogens (tertiary/aromatic N) is 2. The van der Waals surface area contributed by atoms with Gasteiger partial charge in [0.15, 0.2) is 0 Å². The fraction of sp³-hybridized carbons (Fsp3) is 0. The zero-order chi connectivity index (χ0) is 23.1. The first-order valence-corrected chi connectivity index (χ1v) is 11.7. The highest BCUT2D eigenvalue weighted by molar-refractivity contribution is 7.80. The highest BCUT2D eigenvalue weighted by atomic mass is 32.1. The number of pyridine rings is 1. The van der Waals surface area contributed by atoms with Crippen LogP contribution < -0.4 is 4.90 Å². The van der Waals surface area contributed by atoms with E-state index in [0.717, 1.165) is 55.4 Å². The van der Waals surface area contributed by atoms with Crippen molar-refractivity contribution in [2.24, 2.45) is 0 Å². The Labute approximate surface area is 204 Å². The van der Waals surface area contributed by atoms with Gasteiger partial charge in [-0.15, -0.1) is 12.6 Å². The van der Waals surface area contributed by atoms with E-state index in [4.69, 9.17) is 17.6 Å². The minimum absolute atomic E-state index is 0.921. The predicted octanol–water partition coefficient (Wildman–Crippen LogP) is 8.84. The second-order valence-electron chi connectivity index (χ2n) is 8.26.